The van der Waals surface area contributed by atoms with Gasteiger partial charge in [0.15, 0.2) is 0 Å². The molecule has 0 spiro atoms. The molecule has 0 nitrogen and oxygen atoms in total. The van der Waals surface area contributed by atoms with Crippen LogP contribution in [0.25, 0.3) is 49.9 Å². The van der Waals surface area contributed by atoms with Gasteiger partial charge in [0.05, 0.1) is 0 Å². The molecule has 9 rings (SSSR count). The normalized spacial score (nSPS) is 16.4. The first-order chi connectivity index (χ1) is 22.1. The van der Waals surface area contributed by atoms with Gasteiger partial charge in [-0.1, -0.05) is 170 Å². The molecule has 0 aliphatic heterocycles. The number of allylic oxidation sites excluding steroid dienone is 7. The Morgan fingerprint density at radius 3 is 1.80 bits per heavy atom. The second-order valence-electron chi connectivity index (χ2n) is 13.2. The highest BCUT2D eigenvalue weighted by atomic mass is 28.3. The Labute approximate surface area is 266 Å². The fraction of sp³-hybridized carbons (Fsp3) is 0.0909. The summed E-state index contributed by atoms with van der Waals surface area (Å²) < 4.78 is 0. The summed E-state index contributed by atoms with van der Waals surface area (Å²) in [6, 6.07) is 43.2. The molecule has 1 atom stereocenters. The van der Waals surface area contributed by atoms with Crippen molar-refractivity contribution in [1.82, 2.24) is 0 Å². The maximum Gasteiger partial charge on any atom is 0.113 e. The molecule has 6 aromatic rings. The van der Waals surface area contributed by atoms with Crippen LogP contribution in [0.2, 0.25) is 13.1 Å². The predicted octanol–water partition coefficient (Wildman–Crippen LogP) is 10.2. The third kappa shape index (κ3) is 3.97. The van der Waals surface area contributed by atoms with Crippen LogP contribution in [-0.4, -0.2) is 8.07 Å². The van der Waals surface area contributed by atoms with Crippen molar-refractivity contribution in [2.24, 2.45) is 0 Å². The molecule has 6 aromatic carbocycles. The van der Waals surface area contributed by atoms with E-state index in [9.17, 15) is 0 Å². The third-order valence-electron chi connectivity index (χ3n) is 10.5. The smallest absolute Gasteiger partial charge is 0.0759 e. The molecule has 3 aliphatic carbocycles. The molecule has 1 unspecified atom stereocenters. The van der Waals surface area contributed by atoms with E-state index < -0.39 is 8.07 Å². The summed E-state index contributed by atoms with van der Waals surface area (Å²) in [6.07, 6.45) is 15.1. The molecule has 0 N–H and O–H groups in total. The monoisotopic (exact) mass is 590 g/mol. The van der Waals surface area contributed by atoms with Crippen molar-refractivity contribution in [2.45, 2.75) is 25.4 Å². The maximum atomic E-state index is 2.53. The molecular formula is C44H34Si. The fourth-order valence-corrected chi connectivity index (χ4v) is 10.9. The fourth-order valence-electron chi connectivity index (χ4n) is 8.22. The van der Waals surface area contributed by atoms with Crippen molar-refractivity contribution in [2.75, 3.05) is 0 Å². The van der Waals surface area contributed by atoms with Crippen LogP contribution in [0.5, 0.6) is 0 Å². The van der Waals surface area contributed by atoms with E-state index in [1.54, 1.807) is 10.8 Å². The summed E-state index contributed by atoms with van der Waals surface area (Å²) in [5.41, 5.74) is 12.6. The lowest BCUT2D eigenvalue weighted by Gasteiger charge is -2.36. The largest absolute Gasteiger partial charge is 0.113 e. The Kier molecular flexibility index (Phi) is 5.88. The van der Waals surface area contributed by atoms with Gasteiger partial charge in [-0.2, -0.15) is 0 Å². The molecule has 45 heavy (non-hydrogen) atoms. The lowest BCUT2D eigenvalue weighted by molar-refractivity contribution is 0.894. The topological polar surface area (TPSA) is 0 Å². The summed E-state index contributed by atoms with van der Waals surface area (Å²) in [6.45, 7) is 5.05. The van der Waals surface area contributed by atoms with E-state index in [0.717, 1.165) is 6.42 Å². The Morgan fingerprint density at radius 2 is 1.16 bits per heavy atom. The second-order valence-corrected chi connectivity index (χ2v) is 17.6. The zero-order valence-electron chi connectivity index (χ0n) is 25.7. The number of hydrogen-bond acceptors (Lipinski definition) is 0. The molecule has 0 heterocycles. The van der Waals surface area contributed by atoms with E-state index in [0.29, 0.717) is 5.92 Å². The number of benzene rings is 6. The third-order valence-corrected chi connectivity index (χ3v) is 14.0. The van der Waals surface area contributed by atoms with Crippen molar-refractivity contribution in [3.05, 3.63) is 173 Å². The van der Waals surface area contributed by atoms with Crippen molar-refractivity contribution >= 4 is 46.1 Å². The zero-order valence-corrected chi connectivity index (χ0v) is 26.7. The van der Waals surface area contributed by atoms with Gasteiger partial charge in [-0.15, -0.1) is 0 Å². The molecule has 0 radical (unpaired) electrons. The van der Waals surface area contributed by atoms with Gasteiger partial charge in [0.1, 0.15) is 8.07 Å². The van der Waals surface area contributed by atoms with E-state index in [2.05, 4.69) is 165 Å². The van der Waals surface area contributed by atoms with Gasteiger partial charge in [0, 0.05) is 5.92 Å². The minimum Gasteiger partial charge on any atom is -0.0759 e. The van der Waals surface area contributed by atoms with E-state index in [1.165, 1.54) is 71.3 Å². The first-order valence-electron chi connectivity index (χ1n) is 16.1. The van der Waals surface area contributed by atoms with Crippen LogP contribution < -0.4 is 10.4 Å². The van der Waals surface area contributed by atoms with E-state index >= 15 is 0 Å². The van der Waals surface area contributed by atoms with Gasteiger partial charge in [0.2, 0.25) is 0 Å². The molecule has 3 aliphatic rings. The van der Waals surface area contributed by atoms with Crippen LogP contribution in [0.3, 0.4) is 0 Å². The first kappa shape index (κ1) is 26.4. The highest BCUT2D eigenvalue weighted by Crippen LogP contribution is 2.46. The summed E-state index contributed by atoms with van der Waals surface area (Å²) >= 11 is 0. The van der Waals surface area contributed by atoms with Gasteiger partial charge < -0.3 is 0 Å². The zero-order chi connectivity index (χ0) is 30.1. The average Bonchev–Trinajstić information content (AvgIpc) is 3.10. The lowest BCUT2D eigenvalue weighted by atomic mass is 9.71. The summed E-state index contributed by atoms with van der Waals surface area (Å²) in [4.78, 5) is 0. The van der Waals surface area contributed by atoms with Crippen molar-refractivity contribution in [1.29, 1.82) is 0 Å². The molecule has 0 bridgehead atoms. The van der Waals surface area contributed by atoms with Crippen LogP contribution >= 0.6 is 0 Å². The van der Waals surface area contributed by atoms with Crippen LogP contribution in [0.4, 0.5) is 0 Å². The first-order valence-corrected chi connectivity index (χ1v) is 19.1. The summed E-state index contributed by atoms with van der Waals surface area (Å²) in [7, 11) is -2.00. The van der Waals surface area contributed by atoms with Crippen molar-refractivity contribution < 1.29 is 0 Å². The minimum absolute atomic E-state index is 0.395. The molecule has 214 valence electrons. The summed E-state index contributed by atoms with van der Waals surface area (Å²) in [5.74, 6) is 0.395. The number of rotatable bonds is 4. The van der Waals surface area contributed by atoms with E-state index in [4.69, 9.17) is 0 Å². The molecule has 0 saturated heterocycles. The molecule has 0 saturated carbocycles. The quantitative estimate of drug-likeness (QED) is 0.142. The number of hydrogen-bond donors (Lipinski definition) is 0. The van der Waals surface area contributed by atoms with Gasteiger partial charge >= 0.3 is 0 Å². The van der Waals surface area contributed by atoms with Gasteiger partial charge in [0.25, 0.3) is 0 Å². The van der Waals surface area contributed by atoms with E-state index in [-0.39, 0.29) is 0 Å². The van der Waals surface area contributed by atoms with Crippen LogP contribution in [0, 0.1) is 0 Å². The molecule has 1 heteroatoms. The Morgan fingerprint density at radius 1 is 0.556 bits per heavy atom. The van der Waals surface area contributed by atoms with Crippen LogP contribution in [0.15, 0.2) is 157 Å². The Balaban J connectivity index is 1.18. The molecule has 0 amide bonds. The Bertz CT molecular complexity index is 2240. The SMILES string of the molecule is C[Si](C)(c1ccc(-c2c3ccccc3c(-c3ccccc3)c3ccccc23)cc1)c1ccc2c3c1C=CC1=CC=CC(=CC2)C13. The highest BCUT2D eigenvalue weighted by Gasteiger charge is 2.35. The molecular weight excluding hydrogens is 557 g/mol. The van der Waals surface area contributed by atoms with Crippen LogP contribution in [-0.2, 0) is 6.42 Å². The predicted molar refractivity (Wildman–Crippen MR) is 196 cm³/mol. The standard InChI is InChI=1S/C44H34Si/c1-45(2,40-28-24-33-20-19-30-13-10-14-31-23-27-39(40)44(33)41(30)31)34-25-21-32(22-26-34)43-37-17-8-6-15-35(37)42(29-11-4-3-5-12-29)36-16-7-9-18-38(36)43/h3-19,21-28,41H,20H2,1-2H3. The van der Waals surface area contributed by atoms with Crippen LogP contribution in [0.1, 0.15) is 22.6 Å². The number of fused-ring (bicyclic) bond motifs is 2. The van der Waals surface area contributed by atoms with Crippen molar-refractivity contribution in [3.8, 4) is 22.3 Å². The minimum atomic E-state index is -2.00. The maximum absolute atomic E-state index is 2.53. The second kappa shape index (κ2) is 10.0. The molecule has 0 aromatic heterocycles. The van der Waals surface area contributed by atoms with E-state index in [1.807, 2.05) is 0 Å². The Hall–Kier alpha value is -4.98. The molecule has 0 fully saturated rings. The van der Waals surface area contributed by atoms with Crippen molar-refractivity contribution in [3.63, 3.8) is 0 Å². The lowest BCUT2D eigenvalue weighted by Crippen LogP contribution is -2.54. The van der Waals surface area contributed by atoms with Gasteiger partial charge in [-0.05, 0) is 83.2 Å². The summed E-state index contributed by atoms with van der Waals surface area (Å²) in [5, 5.41) is 8.23. The highest BCUT2D eigenvalue weighted by molar-refractivity contribution is 7.00. The average molecular weight is 591 g/mol. The van der Waals surface area contributed by atoms with Gasteiger partial charge in [-0.25, -0.2) is 0 Å². The van der Waals surface area contributed by atoms with Gasteiger partial charge in [-0.3, -0.25) is 0 Å².